The Balaban J connectivity index is 2.09. The Bertz CT molecular complexity index is 1330. The molecule has 0 amide bonds. The van der Waals surface area contributed by atoms with Gasteiger partial charge in [0, 0.05) is 23.8 Å². The number of nitrogens with zero attached hydrogens (tertiary/aromatic N) is 5. The van der Waals surface area contributed by atoms with Gasteiger partial charge >= 0.3 is 0 Å². The van der Waals surface area contributed by atoms with Gasteiger partial charge < -0.3 is 0 Å². The molecule has 4 aromatic rings. The van der Waals surface area contributed by atoms with Crippen LogP contribution in [0.25, 0.3) is 28.2 Å². The van der Waals surface area contributed by atoms with Crippen molar-refractivity contribution in [2.75, 3.05) is 0 Å². The molecule has 0 aliphatic heterocycles. The molecule has 0 unspecified atom stereocenters. The molecule has 0 bridgehead atoms. The Morgan fingerprint density at radius 3 is 2.60 bits per heavy atom. The van der Waals surface area contributed by atoms with Crippen LogP contribution in [0.1, 0.15) is 19.4 Å². The van der Waals surface area contributed by atoms with Crippen molar-refractivity contribution in [1.29, 1.82) is 0 Å². The van der Waals surface area contributed by atoms with Crippen LogP contribution < -0.4 is 5.56 Å². The molecule has 154 valence electrons. The molecule has 0 saturated heterocycles. The quantitative estimate of drug-likeness (QED) is 0.398. The van der Waals surface area contributed by atoms with Gasteiger partial charge in [-0.2, -0.15) is 5.10 Å². The van der Waals surface area contributed by atoms with E-state index in [4.69, 9.17) is 39.8 Å². The smallest absolute Gasteiger partial charge is 0.261 e. The predicted molar refractivity (Wildman–Crippen MR) is 121 cm³/mol. The normalized spacial score (nSPS) is 11.6. The van der Waals surface area contributed by atoms with Crippen molar-refractivity contribution in [2.45, 2.75) is 27.3 Å². The van der Waals surface area contributed by atoms with Gasteiger partial charge in [-0.15, -0.1) is 0 Å². The molecule has 0 N–H and O–H groups in total. The Hall–Kier alpha value is -2.41. The lowest BCUT2D eigenvalue weighted by Gasteiger charge is -2.17. The van der Waals surface area contributed by atoms with E-state index in [0.29, 0.717) is 44.8 Å². The summed E-state index contributed by atoms with van der Waals surface area (Å²) >= 11 is 18.8. The molecule has 30 heavy (non-hydrogen) atoms. The van der Waals surface area contributed by atoms with Crippen LogP contribution in [0.3, 0.4) is 0 Å². The summed E-state index contributed by atoms with van der Waals surface area (Å²) in [6.07, 6.45) is 1.61. The van der Waals surface area contributed by atoms with E-state index in [1.807, 2.05) is 20.8 Å². The number of aromatic nitrogens is 5. The van der Waals surface area contributed by atoms with Crippen molar-refractivity contribution in [3.8, 4) is 17.3 Å². The number of hydrogen-bond donors (Lipinski definition) is 0. The average Bonchev–Trinajstić information content (AvgIpc) is 3.05. The number of fused-ring (bicyclic) bond motifs is 1. The Morgan fingerprint density at radius 1 is 1.13 bits per heavy atom. The van der Waals surface area contributed by atoms with Gasteiger partial charge in [-0.1, -0.05) is 48.7 Å². The second-order valence-corrected chi connectivity index (χ2v) is 8.67. The number of pyridine rings is 1. The maximum absolute atomic E-state index is 13.4. The summed E-state index contributed by atoms with van der Waals surface area (Å²) in [5.74, 6) is 1.04. The standard InChI is InChI=1S/C21H18Cl3N5O/c1-11(2)10-28-20(26-18-12(3)7-13(22)8-14(18)21(28)30)16-9-17(24)27-29(16)19-15(23)5-4-6-25-19/h4-9,11H,10H2,1-3H3. The Kier molecular flexibility index (Phi) is 5.57. The molecule has 4 rings (SSSR count). The first kappa shape index (κ1) is 20.8. The van der Waals surface area contributed by atoms with Crippen LogP contribution in [0.5, 0.6) is 0 Å². The van der Waals surface area contributed by atoms with Crippen LogP contribution in [0, 0.1) is 12.8 Å². The van der Waals surface area contributed by atoms with Gasteiger partial charge in [0.15, 0.2) is 16.8 Å². The lowest BCUT2D eigenvalue weighted by molar-refractivity contribution is 0.511. The third-order valence-corrected chi connectivity index (χ3v) is 5.31. The van der Waals surface area contributed by atoms with Crippen LogP contribution in [0.2, 0.25) is 15.2 Å². The van der Waals surface area contributed by atoms with Crippen LogP contribution in [0.15, 0.2) is 41.3 Å². The van der Waals surface area contributed by atoms with Gasteiger partial charge in [-0.3, -0.25) is 9.36 Å². The maximum atomic E-state index is 13.4. The number of benzene rings is 1. The fourth-order valence-electron chi connectivity index (χ4n) is 3.39. The van der Waals surface area contributed by atoms with Crippen molar-refractivity contribution in [3.05, 3.63) is 67.6 Å². The first-order valence-electron chi connectivity index (χ1n) is 9.33. The van der Waals surface area contributed by atoms with E-state index in [1.165, 1.54) is 4.68 Å². The predicted octanol–water partition coefficient (Wildman–Crippen LogP) is 5.57. The van der Waals surface area contributed by atoms with E-state index in [2.05, 4.69) is 10.1 Å². The van der Waals surface area contributed by atoms with E-state index < -0.39 is 0 Å². The molecule has 0 fully saturated rings. The van der Waals surface area contributed by atoms with Gasteiger partial charge in [-0.25, -0.2) is 14.6 Å². The molecule has 0 spiro atoms. The number of hydrogen-bond acceptors (Lipinski definition) is 4. The van der Waals surface area contributed by atoms with Gasteiger partial charge in [0.05, 0.1) is 15.9 Å². The molecule has 0 saturated carbocycles. The second kappa shape index (κ2) is 8.02. The van der Waals surface area contributed by atoms with Crippen LogP contribution in [0.4, 0.5) is 0 Å². The van der Waals surface area contributed by atoms with Crippen molar-refractivity contribution in [2.24, 2.45) is 5.92 Å². The molecule has 6 nitrogen and oxygen atoms in total. The lowest BCUT2D eigenvalue weighted by Crippen LogP contribution is -2.26. The van der Waals surface area contributed by atoms with Gasteiger partial charge in [-0.05, 0) is 42.7 Å². The van der Waals surface area contributed by atoms with Gasteiger partial charge in [0.2, 0.25) is 0 Å². The minimum Gasteiger partial charge on any atom is -0.291 e. The van der Waals surface area contributed by atoms with E-state index in [1.54, 1.807) is 41.1 Å². The molecule has 9 heteroatoms. The third kappa shape index (κ3) is 3.71. The van der Waals surface area contributed by atoms with E-state index >= 15 is 0 Å². The summed E-state index contributed by atoms with van der Waals surface area (Å²) in [7, 11) is 0. The largest absolute Gasteiger partial charge is 0.291 e. The fourth-order valence-corrected chi connectivity index (χ4v) is 4.04. The zero-order valence-electron chi connectivity index (χ0n) is 16.5. The van der Waals surface area contributed by atoms with Crippen LogP contribution in [-0.4, -0.2) is 24.3 Å². The minimum atomic E-state index is -0.176. The van der Waals surface area contributed by atoms with Crippen molar-refractivity contribution < 1.29 is 0 Å². The highest BCUT2D eigenvalue weighted by atomic mass is 35.5. The zero-order chi connectivity index (χ0) is 21.6. The molecule has 3 heterocycles. The van der Waals surface area contributed by atoms with Gasteiger partial charge in [0.25, 0.3) is 5.56 Å². The third-order valence-electron chi connectivity index (χ3n) is 4.61. The molecule has 0 atom stereocenters. The molecule has 0 aliphatic carbocycles. The zero-order valence-corrected chi connectivity index (χ0v) is 18.8. The molecular weight excluding hydrogens is 445 g/mol. The summed E-state index contributed by atoms with van der Waals surface area (Å²) in [6.45, 7) is 6.39. The highest BCUT2D eigenvalue weighted by molar-refractivity contribution is 6.32. The minimum absolute atomic E-state index is 0.176. The molecule has 3 aromatic heterocycles. The lowest BCUT2D eigenvalue weighted by atomic mass is 10.1. The fraction of sp³-hybridized carbons (Fsp3) is 0.238. The van der Waals surface area contributed by atoms with E-state index in [9.17, 15) is 4.79 Å². The maximum Gasteiger partial charge on any atom is 0.261 e. The van der Waals surface area contributed by atoms with E-state index in [0.717, 1.165) is 5.56 Å². The van der Waals surface area contributed by atoms with Crippen LogP contribution in [-0.2, 0) is 6.54 Å². The highest BCUT2D eigenvalue weighted by Gasteiger charge is 2.21. The Morgan fingerprint density at radius 2 is 1.90 bits per heavy atom. The molecule has 0 aliphatic rings. The molecule has 0 radical (unpaired) electrons. The molecular formula is C21H18Cl3N5O. The second-order valence-electron chi connectivity index (χ2n) is 7.44. The van der Waals surface area contributed by atoms with Crippen molar-refractivity contribution >= 4 is 45.7 Å². The summed E-state index contributed by atoms with van der Waals surface area (Å²) in [5, 5.41) is 5.95. The SMILES string of the molecule is Cc1cc(Cl)cc2c(=O)n(CC(C)C)c(-c3cc(Cl)nn3-c3ncccc3Cl)nc12. The highest BCUT2D eigenvalue weighted by Crippen LogP contribution is 2.29. The summed E-state index contributed by atoms with van der Waals surface area (Å²) in [4.78, 5) is 22.6. The van der Waals surface area contributed by atoms with Gasteiger partial charge in [0.1, 0.15) is 5.69 Å². The average molecular weight is 463 g/mol. The number of aryl methyl sites for hydroxylation is 1. The van der Waals surface area contributed by atoms with Crippen LogP contribution >= 0.6 is 34.8 Å². The summed E-state index contributed by atoms with van der Waals surface area (Å²) in [5.41, 5.74) is 1.73. The first-order chi connectivity index (χ1) is 14.3. The monoisotopic (exact) mass is 461 g/mol. The first-order valence-corrected chi connectivity index (χ1v) is 10.5. The van der Waals surface area contributed by atoms with Crippen molar-refractivity contribution in [3.63, 3.8) is 0 Å². The topological polar surface area (TPSA) is 65.6 Å². The Labute approximate surface area is 188 Å². The summed E-state index contributed by atoms with van der Waals surface area (Å²) < 4.78 is 3.14. The van der Waals surface area contributed by atoms with Crippen molar-refractivity contribution in [1.82, 2.24) is 24.3 Å². The number of halogens is 3. The number of rotatable bonds is 4. The summed E-state index contributed by atoms with van der Waals surface area (Å²) in [6, 6.07) is 8.53. The van der Waals surface area contributed by atoms with E-state index in [-0.39, 0.29) is 16.6 Å². The molecule has 1 aromatic carbocycles.